The third kappa shape index (κ3) is 4.87. The highest BCUT2D eigenvalue weighted by molar-refractivity contribution is 5.75. The minimum Gasteiger partial charge on any atom is -0.467 e. The molecule has 1 aliphatic rings. The molecule has 1 aliphatic heterocycles. The topological polar surface area (TPSA) is 115 Å². The van der Waals surface area contributed by atoms with Crippen LogP contribution in [-0.4, -0.2) is 72.5 Å². The summed E-state index contributed by atoms with van der Waals surface area (Å²) in [7, 11) is 2.59. The third-order valence-corrected chi connectivity index (χ3v) is 3.60. The zero-order valence-electron chi connectivity index (χ0n) is 13.2. The Hall–Kier alpha value is -0.770. The molecule has 3 N–H and O–H groups in total. The van der Waals surface area contributed by atoms with Gasteiger partial charge in [0.1, 0.15) is 18.3 Å². The monoisotopic (exact) mass is 322 g/mol. The Morgan fingerprint density at radius 2 is 1.82 bits per heavy atom. The smallest absolute Gasteiger partial charge is 0.337 e. The van der Waals surface area contributed by atoms with Crippen LogP contribution in [0.2, 0.25) is 0 Å². The lowest BCUT2D eigenvalue weighted by molar-refractivity contribution is -0.329. The molecular weight excluding hydrogens is 296 g/mol. The van der Waals surface area contributed by atoms with Crippen molar-refractivity contribution in [2.75, 3.05) is 14.2 Å². The maximum Gasteiger partial charge on any atom is 0.337 e. The summed E-state index contributed by atoms with van der Waals surface area (Å²) in [4.78, 5) is 11.6. The van der Waals surface area contributed by atoms with Crippen molar-refractivity contribution in [3.05, 3.63) is 0 Å². The van der Waals surface area contributed by atoms with Gasteiger partial charge < -0.3 is 34.3 Å². The molecule has 0 aliphatic carbocycles. The Morgan fingerprint density at radius 3 is 2.36 bits per heavy atom. The van der Waals surface area contributed by atoms with E-state index in [1.165, 1.54) is 7.11 Å². The average molecular weight is 322 g/mol. The fraction of sp³-hybridized carbons (Fsp3) is 0.929. The molecule has 6 unspecified atom stereocenters. The van der Waals surface area contributed by atoms with E-state index in [1.807, 2.05) is 0 Å². The summed E-state index contributed by atoms with van der Waals surface area (Å²) in [5.74, 6) is -0.855. The van der Waals surface area contributed by atoms with Gasteiger partial charge in [0, 0.05) is 7.11 Å². The molecule has 1 saturated heterocycles. The van der Waals surface area contributed by atoms with Gasteiger partial charge in [-0.2, -0.15) is 0 Å². The fourth-order valence-corrected chi connectivity index (χ4v) is 2.22. The van der Waals surface area contributed by atoms with Gasteiger partial charge >= 0.3 is 5.97 Å². The molecule has 8 heteroatoms. The summed E-state index contributed by atoms with van der Waals surface area (Å²) >= 11 is 0. The second-order valence-electron chi connectivity index (χ2n) is 5.22. The first kappa shape index (κ1) is 19.3. The number of carbonyl (C=O) groups excluding carboxylic acids is 1. The summed E-state index contributed by atoms with van der Waals surface area (Å²) < 4.78 is 20.4. The Morgan fingerprint density at radius 1 is 1.14 bits per heavy atom. The van der Waals surface area contributed by atoms with E-state index in [0.29, 0.717) is 6.42 Å². The summed E-state index contributed by atoms with van der Waals surface area (Å²) in [6.45, 7) is 2.06. The molecule has 0 radical (unpaired) electrons. The number of aliphatic hydroxyl groups excluding tert-OH is 3. The number of hydrogen-bond acceptors (Lipinski definition) is 8. The number of aliphatic hydroxyl groups is 3. The molecule has 0 bridgehead atoms. The first-order valence-electron chi connectivity index (χ1n) is 7.42. The van der Waals surface area contributed by atoms with Crippen molar-refractivity contribution in [2.24, 2.45) is 0 Å². The molecule has 130 valence electrons. The number of ether oxygens (including phenoxy) is 4. The van der Waals surface area contributed by atoms with Gasteiger partial charge in [-0.1, -0.05) is 19.8 Å². The van der Waals surface area contributed by atoms with Gasteiger partial charge in [-0.25, -0.2) is 4.79 Å². The maximum atomic E-state index is 11.6. The maximum absolute atomic E-state index is 11.6. The molecule has 0 amide bonds. The van der Waals surface area contributed by atoms with Gasteiger partial charge in [-0.15, -0.1) is 0 Å². The molecule has 6 atom stereocenters. The number of methoxy groups -OCH3 is 2. The van der Waals surface area contributed by atoms with E-state index in [2.05, 4.69) is 11.7 Å². The second-order valence-corrected chi connectivity index (χ2v) is 5.22. The molecule has 8 nitrogen and oxygen atoms in total. The second kappa shape index (κ2) is 9.39. The molecule has 0 spiro atoms. The van der Waals surface area contributed by atoms with Gasteiger partial charge in [0.05, 0.1) is 7.11 Å². The highest BCUT2D eigenvalue weighted by Crippen LogP contribution is 2.25. The average Bonchev–Trinajstić information content (AvgIpc) is 2.53. The Labute approximate surface area is 129 Å². The van der Waals surface area contributed by atoms with Gasteiger partial charge in [0.2, 0.25) is 0 Å². The van der Waals surface area contributed by atoms with Gasteiger partial charge in [-0.05, 0) is 12.8 Å². The summed E-state index contributed by atoms with van der Waals surface area (Å²) in [5, 5.41) is 29.5. The lowest BCUT2D eigenvalue weighted by atomic mass is 9.99. The predicted octanol–water partition coefficient (Wildman–Crippen LogP) is -0.464. The van der Waals surface area contributed by atoms with Crippen LogP contribution in [-0.2, 0) is 23.7 Å². The summed E-state index contributed by atoms with van der Waals surface area (Å²) in [6, 6.07) is 0. The van der Waals surface area contributed by atoms with Crippen LogP contribution < -0.4 is 0 Å². The molecule has 22 heavy (non-hydrogen) atoms. The number of unbranched alkanes of at least 4 members (excludes halogenated alkanes) is 2. The number of esters is 1. The lowest BCUT2D eigenvalue weighted by Crippen LogP contribution is -2.61. The normalized spacial score (nSPS) is 33.5. The molecular formula is C14H26O8. The van der Waals surface area contributed by atoms with Crippen molar-refractivity contribution in [2.45, 2.75) is 69.6 Å². The van der Waals surface area contributed by atoms with Crippen LogP contribution in [0.15, 0.2) is 0 Å². The number of hydrogen-bond donors (Lipinski definition) is 3. The van der Waals surface area contributed by atoms with E-state index < -0.39 is 43.0 Å². The first-order valence-corrected chi connectivity index (χ1v) is 7.42. The third-order valence-electron chi connectivity index (χ3n) is 3.60. The van der Waals surface area contributed by atoms with Crippen molar-refractivity contribution < 1.29 is 39.1 Å². The molecule has 0 aromatic carbocycles. The van der Waals surface area contributed by atoms with Crippen LogP contribution in [0.5, 0.6) is 0 Å². The van der Waals surface area contributed by atoms with E-state index >= 15 is 0 Å². The molecule has 0 saturated carbocycles. The standard InChI is InChI=1S/C14H26O8/c1-4-5-6-7-8(19-2)21-14-11(17)9(15)10(16)12(22-14)13(18)20-3/h8-12,14-17H,4-7H2,1-3H3. The zero-order valence-corrected chi connectivity index (χ0v) is 13.2. The van der Waals surface area contributed by atoms with Crippen LogP contribution in [0, 0.1) is 0 Å². The molecule has 1 rings (SSSR count). The van der Waals surface area contributed by atoms with Gasteiger partial charge in [0.25, 0.3) is 0 Å². The largest absolute Gasteiger partial charge is 0.467 e. The van der Waals surface area contributed by atoms with E-state index in [4.69, 9.17) is 14.2 Å². The van der Waals surface area contributed by atoms with Crippen molar-refractivity contribution in [3.8, 4) is 0 Å². The quantitative estimate of drug-likeness (QED) is 0.312. The van der Waals surface area contributed by atoms with E-state index in [0.717, 1.165) is 26.4 Å². The lowest BCUT2D eigenvalue weighted by Gasteiger charge is -2.39. The number of carbonyl (C=O) groups is 1. The van der Waals surface area contributed by atoms with E-state index in [-0.39, 0.29) is 0 Å². The molecule has 0 aromatic rings. The van der Waals surface area contributed by atoms with Crippen molar-refractivity contribution in [3.63, 3.8) is 0 Å². The SMILES string of the molecule is CCCCCC(OC)OC1OC(C(=O)OC)C(O)C(O)C1O. The van der Waals surface area contributed by atoms with Crippen LogP contribution in [0.1, 0.15) is 32.6 Å². The van der Waals surface area contributed by atoms with Crippen molar-refractivity contribution in [1.82, 2.24) is 0 Å². The van der Waals surface area contributed by atoms with Crippen LogP contribution in [0.3, 0.4) is 0 Å². The minimum atomic E-state index is -1.59. The molecule has 0 aromatic heterocycles. The molecule has 1 fully saturated rings. The Bertz CT molecular complexity index is 337. The van der Waals surface area contributed by atoms with E-state index in [9.17, 15) is 20.1 Å². The van der Waals surface area contributed by atoms with Crippen molar-refractivity contribution in [1.29, 1.82) is 0 Å². The fourth-order valence-electron chi connectivity index (χ4n) is 2.22. The Kier molecular flexibility index (Phi) is 8.23. The Balaban J connectivity index is 2.68. The minimum absolute atomic E-state index is 0.582. The number of rotatable bonds is 8. The van der Waals surface area contributed by atoms with Crippen LogP contribution in [0.25, 0.3) is 0 Å². The first-order chi connectivity index (χ1) is 10.5. The highest BCUT2D eigenvalue weighted by Gasteiger charge is 2.48. The van der Waals surface area contributed by atoms with Crippen LogP contribution >= 0.6 is 0 Å². The van der Waals surface area contributed by atoms with Gasteiger partial charge in [-0.3, -0.25) is 0 Å². The van der Waals surface area contributed by atoms with Crippen molar-refractivity contribution >= 4 is 5.97 Å². The predicted molar refractivity (Wildman–Crippen MR) is 74.7 cm³/mol. The van der Waals surface area contributed by atoms with Gasteiger partial charge in [0.15, 0.2) is 18.7 Å². The van der Waals surface area contributed by atoms with E-state index in [1.54, 1.807) is 0 Å². The summed E-state index contributed by atoms with van der Waals surface area (Å²) in [6.07, 6.45) is -4.57. The zero-order chi connectivity index (χ0) is 16.7. The molecule has 1 heterocycles. The highest BCUT2D eigenvalue weighted by atomic mass is 16.8. The van der Waals surface area contributed by atoms with Crippen LogP contribution in [0.4, 0.5) is 0 Å². The summed E-state index contributed by atoms with van der Waals surface area (Å²) in [5.41, 5.74) is 0.